The van der Waals surface area contributed by atoms with Crippen LogP contribution in [-0.4, -0.2) is 20.4 Å². The van der Waals surface area contributed by atoms with Crippen LogP contribution in [0.5, 0.6) is 0 Å². The Morgan fingerprint density at radius 3 is 1.01 bits per heavy atom. The van der Waals surface area contributed by atoms with Gasteiger partial charge in [0, 0.05) is 54.7 Å². The molecule has 0 saturated heterocycles. The van der Waals surface area contributed by atoms with E-state index in [2.05, 4.69) is 329 Å². The fourth-order valence-corrected chi connectivity index (χ4v) is 15.6. The summed E-state index contributed by atoms with van der Waals surface area (Å²) in [5.41, 5.74) is 21.1. The number of hydrogen-bond donors (Lipinski definition) is 0. The molecule has 14 aromatic carbocycles. The molecule has 0 spiro atoms. The van der Waals surface area contributed by atoms with Crippen molar-refractivity contribution >= 4 is 132 Å². The maximum atomic E-state index is 2.70. The van der Waals surface area contributed by atoms with E-state index < -0.39 is 0 Å². The predicted octanol–water partition coefficient (Wildman–Crippen LogP) is 20.0. The number of rotatable bonds is 4. The van der Waals surface area contributed by atoms with Gasteiger partial charge in [-0.15, -0.1) is 0 Å². The summed E-state index contributed by atoms with van der Waals surface area (Å²) in [6, 6.07) is 119. The molecule has 0 bridgehead atoms. The lowest BCUT2D eigenvalue weighted by molar-refractivity contribution is 1.10. The fourth-order valence-electron chi connectivity index (χ4n) is 15.6. The van der Waals surface area contributed by atoms with Gasteiger partial charge in [0.15, 0.2) is 0 Å². The van der Waals surface area contributed by atoms with E-state index in [0.717, 1.165) is 39.1 Å². The molecule has 5 heterocycles. The van der Waals surface area contributed by atoms with Crippen LogP contribution in [0.15, 0.2) is 315 Å². The molecule has 0 N–H and O–H groups in total. The van der Waals surface area contributed by atoms with Gasteiger partial charge in [0.05, 0.1) is 27.8 Å². The molecule has 2 aliphatic heterocycles. The van der Waals surface area contributed by atoms with Crippen LogP contribution in [0.3, 0.4) is 0 Å². The summed E-state index contributed by atoms with van der Waals surface area (Å²) in [5.74, 6) is 0. The first-order valence-corrected chi connectivity index (χ1v) is 30.6. The zero-order chi connectivity index (χ0) is 57.6. The van der Waals surface area contributed by atoms with Crippen molar-refractivity contribution in [3.63, 3.8) is 0 Å². The highest BCUT2D eigenvalue weighted by Crippen LogP contribution is 2.45. The molecular weight excluding hydrogens is 1060 g/mol. The molecule has 2 aliphatic rings. The molecule has 0 unspecified atom stereocenters. The van der Waals surface area contributed by atoms with Crippen LogP contribution in [0.25, 0.3) is 159 Å². The van der Waals surface area contributed by atoms with Gasteiger partial charge in [-0.25, -0.2) is 0 Å². The monoisotopic (exact) mass is 1110 g/mol. The highest BCUT2D eigenvalue weighted by Gasteiger charge is 2.41. The molecule has 4 heteroatoms. The molecule has 19 rings (SSSR count). The smallest absolute Gasteiger partial charge is 0.252 e. The minimum Gasteiger partial charge on any atom is -0.310 e. The molecule has 88 heavy (non-hydrogen) atoms. The second-order valence-electron chi connectivity index (χ2n) is 23.8. The van der Waals surface area contributed by atoms with Crippen molar-refractivity contribution < 1.29 is 0 Å². The van der Waals surface area contributed by atoms with Crippen molar-refractivity contribution in [2.45, 2.75) is 0 Å². The molecule has 17 aromatic rings. The number of para-hydroxylation sites is 4. The van der Waals surface area contributed by atoms with E-state index in [-0.39, 0.29) is 6.71 Å². The fraction of sp³-hybridized carbons (Fsp3) is 0. The highest BCUT2D eigenvalue weighted by atomic mass is 15.1. The van der Waals surface area contributed by atoms with Crippen LogP contribution < -0.4 is 16.4 Å². The molecule has 0 amide bonds. The van der Waals surface area contributed by atoms with Crippen molar-refractivity contribution in [1.29, 1.82) is 0 Å². The van der Waals surface area contributed by atoms with Gasteiger partial charge < -0.3 is 13.7 Å². The Morgan fingerprint density at radius 2 is 0.545 bits per heavy atom. The van der Waals surface area contributed by atoms with Crippen molar-refractivity contribution in [2.24, 2.45) is 0 Å². The zero-order valence-electron chi connectivity index (χ0n) is 47.9. The minimum atomic E-state index is -0.274. The average molecular weight is 1110 g/mol. The summed E-state index contributed by atoms with van der Waals surface area (Å²) in [4.78, 5) is 0. The van der Waals surface area contributed by atoms with Crippen molar-refractivity contribution in [3.05, 3.63) is 315 Å². The maximum absolute atomic E-state index is 2.70. The summed E-state index contributed by atoms with van der Waals surface area (Å²) in [7, 11) is 0. The van der Waals surface area contributed by atoms with Gasteiger partial charge >= 0.3 is 0 Å². The lowest BCUT2D eigenvalue weighted by Crippen LogP contribution is -2.60. The van der Waals surface area contributed by atoms with Crippen LogP contribution in [-0.2, 0) is 0 Å². The second-order valence-corrected chi connectivity index (χ2v) is 23.8. The van der Waals surface area contributed by atoms with Crippen LogP contribution in [0.2, 0.25) is 0 Å². The highest BCUT2D eigenvalue weighted by molar-refractivity contribution is 7.00. The van der Waals surface area contributed by atoms with E-state index in [0.29, 0.717) is 0 Å². The van der Waals surface area contributed by atoms with E-state index in [9.17, 15) is 0 Å². The van der Waals surface area contributed by atoms with Gasteiger partial charge in [-0.05, 0) is 141 Å². The Labute approximate surface area is 508 Å². The Morgan fingerprint density at radius 1 is 0.216 bits per heavy atom. The van der Waals surface area contributed by atoms with Gasteiger partial charge in [0.2, 0.25) is 0 Å². The summed E-state index contributed by atoms with van der Waals surface area (Å²) >= 11 is 0. The number of aromatic nitrogens is 3. The second kappa shape index (κ2) is 19.0. The molecule has 0 atom stereocenters. The Bertz CT molecular complexity index is 5940. The number of nitrogens with zero attached hydrogens (tertiary/aromatic N) is 3. The van der Waals surface area contributed by atoms with Crippen LogP contribution >= 0.6 is 0 Å². The normalized spacial score (nSPS) is 12.3. The van der Waals surface area contributed by atoms with E-state index in [1.54, 1.807) is 0 Å². The predicted molar refractivity (Wildman–Crippen MR) is 376 cm³/mol. The summed E-state index contributed by atoms with van der Waals surface area (Å²) < 4.78 is 7.93. The number of benzene rings is 14. The van der Waals surface area contributed by atoms with Gasteiger partial charge in [0.1, 0.15) is 0 Å². The summed E-state index contributed by atoms with van der Waals surface area (Å²) in [6.45, 7) is -0.274. The topological polar surface area (TPSA) is 14.8 Å². The van der Waals surface area contributed by atoms with Crippen LogP contribution in [0.1, 0.15) is 0 Å². The standard InChI is InChI=1S/C84H52BN3/c1-4-25-53(26-5-1)56-47-71-65-36-15-11-32-61(65)60-31-10-12-33-62(60)66-37-16-22-45-77(66)87-79-51-58(86-75-43-20-18-39-68(75)69-40-19-21-44-76(69)86)52-80-82(79)85(73(49-56)83(71)87)74-50-57(54-27-6-2-7-28-54)48-72-81-59(55-29-8-3-9-30-55)41-24-42-70(81)64-35-14-13-34-63(64)67-38-17-23-46-78(67)88(80)84(72)74/h1-52H. The minimum absolute atomic E-state index is 0.274. The van der Waals surface area contributed by atoms with Crippen LogP contribution in [0.4, 0.5) is 0 Å². The molecule has 0 saturated carbocycles. The molecule has 0 fully saturated rings. The molecular formula is C84H52BN3. The third kappa shape index (κ3) is 7.03. The van der Waals surface area contributed by atoms with E-state index in [4.69, 9.17) is 0 Å². The third-order valence-electron chi connectivity index (χ3n) is 19.2. The van der Waals surface area contributed by atoms with E-state index in [1.807, 2.05) is 0 Å². The van der Waals surface area contributed by atoms with E-state index in [1.165, 1.54) is 136 Å². The summed E-state index contributed by atoms with van der Waals surface area (Å²) in [5, 5.41) is 16.7. The number of hydrogen-bond acceptors (Lipinski definition) is 0. The van der Waals surface area contributed by atoms with Gasteiger partial charge in [-0.2, -0.15) is 0 Å². The van der Waals surface area contributed by atoms with Gasteiger partial charge in [0.25, 0.3) is 6.71 Å². The maximum Gasteiger partial charge on any atom is 0.252 e. The lowest BCUT2D eigenvalue weighted by Gasteiger charge is -2.37. The molecule has 406 valence electrons. The molecule has 0 aliphatic carbocycles. The summed E-state index contributed by atoms with van der Waals surface area (Å²) in [6.07, 6.45) is 0. The SMILES string of the molecule is c1ccc(-c2cc3c4c(c2)c2ccccc2c2ccccc2c2ccccc2n4-c2cc(-n4c5ccccc5c5ccccc54)cc4c2B3c2cc(-c3ccccc3)cc3c5c(-c6ccccc6)cccc5c5ccccc5c5ccccc5n-4c23)cc1. The molecule has 0 radical (unpaired) electrons. The average Bonchev–Trinajstić information content (AvgIpc) is 0.981. The van der Waals surface area contributed by atoms with Gasteiger partial charge in [-0.1, -0.05) is 267 Å². The Balaban J connectivity index is 1.16. The van der Waals surface area contributed by atoms with Gasteiger partial charge in [-0.3, -0.25) is 0 Å². The Kier molecular flexibility index (Phi) is 10.6. The van der Waals surface area contributed by atoms with Crippen molar-refractivity contribution in [1.82, 2.24) is 13.7 Å². The van der Waals surface area contributed by atoms with Crippen LogP contribution in [0, 0.1) is 0 Å². The lowest BCUT2D eigenvalue weighted by atomic mass is 9.34. The first-order chi connectivity index (χ1) is 43.7. The third-order valence-corrected chi connectivity index (χ3v) is 19.2. The van der Waals surface area contributed by atoms with Crippen molar-refractivity contribution in [3.8, 4) is 50.4 Å². The quantitative estimate of drug-likeness (QED) is 0.156. The Hall–Kier alpha value is -11.5. The largest absolute Gasteiger partial charge is 0.310 e. The zero-order valence-corrected chi connectivity index (χ0v) is 47.9. The molecule has 3 aromatic heterocycles. The number of fused-ring (bicyclic) bond motifs is 21. The molecule has 3 nitrogen and oxygen atoms in total. The first-order valence-electron chi connectivity index (χ1n) is 30.6. The van der Waals surface area contributed by atoms with Crippen molar-refractivity contribution in [2.75, 3.05) is 0 Å². The first kappa shape index (κ1) is 48.9. The van der Waals surface area contributed by atoms with E-state index >= 15 is 0 Å².